The first-order valence-electron chi connectivity index (χ1n) is 9.10. The molecule has 31 heavy (non-hydrogen) atoms. The Balaban J connectivity index is 1.67. The van der Waals surface area contributed by atoms with Gasteiger partial charge in [0.2, 0.25) is 0 Å². The number of rotatable bonds is 5. The molecule has 0 spiro atoms. The number of carbonyl (C=O) groups excluding carboxylic acids is 2. The van der Waals surface area contributed by atoms with E-state index in [0.717, 1.165) is 4.70 Å². The molecule has 0 radical (unpaired) electrons. The summed E-state index contributed by atoms with van der Waals surface area (Å²) >= 11 is 13.2. The molecule has 1 amide bonds. The zero-order valence-electron chi connectivity index (χ0n) is 16.2. The van der Waals surface area contributed by atoms with Gasteiger partial charge in [-0.15, -0.1) is 0 Å². The fraction of sp³-hybridized carbons (Fsp3) is 0.250. The highest BCUT2D eigenvalue weighted by molar-refractivity contribution is 7.16. The monoisotopic (exact) mass is 482 g/mol. The lowest BCUT2D eigenvalue weighted by molar-refractivity contribution is -0.141. The van der Waals surface area contributed by atoms with Crippen LogP contribution in [0, 0.1) is 0 Å². The summed E-state index contributed by atoms with van der Waals surface area (Å²) in [6.07, 6.45) is 0. The number of ether oxygens (including phenoxy) is 4. The maximum atomic E-state index is 12.5. The highest BCUT2D eigenvalue weighted by Gasteiger charge is 2.18. The number of nitrogens with zero attached hydrogens (tertiary/aromatic N) is 2. The fourth-order valence-corrected chi connectivity index (χ4v) is 4.43. The predicted molar refractivity (Wildman–Crippen MR) is 115 cm³/mol. The van der Waals surface area contributed by atoms with Gasteiger partial charge < -0.3 is 23.5 Å². The number of fused-ring (bicyclic) bond motifs is 2. The number of carbonyl (C=O) groups is 2. The van der Waals surface area contributed by atoms with Gasteiger partial charge >= 0.3 is 5.97 Å². The molecule has 0 saturated carbocycles. The molecule has 2 aromatic carbocycles. The first-order chi connectivity index (χ1) is 14.9. The average Bonchev–Trinajstić information content (AvgIpc) is 3.07. The zero-order chi connectivity index (χ0) is 22.0. The van der Waals surface area contributed by atoms with Crippen LogP contribution in [0.25, 0.3) is 10.2 Å². The van der Waals surface area contributed by atoms with Crippen molar-refractivity contribution in [3.8, 4) is 17.2 Å². The molecule has 162 valence electrons. The largest absolute Gasteiger partial charge is 0.486 e. The second-order valence-electron chi connectivity index (χ2n) is 6.38. The molecule has 11 heteroatoms. The summed E-state index contributed by atoms with van der Waals surface area (Å²) in [7, 11) is 1.29. The second kappa shape index (κ2) is 9.17. The molecular weight excluding hydrogens is 467 g/mol. The quantitative estimate of drug-likeness (QED) is 0.517. The van der Waals surface area contributed by atoms with Gasteiger partial charge in [0.05, 0.1) is 22.3 Å². The van der Waals surface area contributed by atoms with E-state index in [9.17, 15) is 9.59 Å². The van der Waals surface area contributed by atoms with Crippen molar-refractivity contribution in [3.63, 3.8) is 0 Å². The van der Waals surface area contributed by atoms with Gasteiger partial charge in [-0.3, -0.25) is 9.59 Å². The molecule has 0 bridgehead atoms. The molecule has 0 N–H and O–H groups in total. The summed E-state index contributed by atoms with van der Waals surface area (Å²) in [5.74, 6) is 0.453. The highest BCUT2D eigenvalue weighted by atomic mass is 35.5. The van der Waals surface area contributed by atoms with Crippen molar-refractivity contribution in [2.45, 2.75) is 6.54 Å². The van der Waals surface area contributed by atoms with Crippen LogP contribution in [0.1, 0.15) is 0 Å². The number of esters is 1. The Bertz CT molecular complexity index is 1240. The first kappa shape index (κ1) is 21.5. The van der Waals surface area contributed by atoms with Gasteiger partial charge in [0.15, 0.2) is 22.9 Å². The number of benzene rings is 2. The Morgan fingerprint density at radius 2 is 1.90 bits per heavy atom. The number of thiazole rings is 1. The molecule has 4 rings (SSSR count). The summed E-state index contributed by atoms with van der Waals surface area (Å²) in [4.78, 5) is 28.9. The van der Waals surface area contributed by atoms with Crippen LogP contribution in [0.2, 0.25) is 10.0 Å². The molecule has 3 aromatic rings. The summed E-state index contributed by atoms with van der Waals surface area (Å²) < 4.78 is 23.9. The molecule has 1 aromatic heterocycles. The van der Waals surface area contributed by atoms with E-state index in [4.69, 9.17) is 42.1 Å². The lowest BCUT2D eigenvalue weighted by Crippen LogP contribution is -2.23. The third-order valence-corrected chi connectivity index (χ3v) is 5.90. The van der Waals surface area contributed by atoms with E-state index in [1.165, 1.54) is 24.5 Å². The maximum absolute atomic E-state index is 12.5. The van der Waals surface area contributed by atoms with Crippen LogP contribution in [0.5, 0.6) is 17.2 Å². The van der Waals surface area contributed by atoms with Crippen LogP contribution in [0.15, 0.2) is 35.3 Å². The number of aromatic nitrogens is 1. The van der Waals surface area contributed by atoms with E-state index in [1.807, 2.05) is 0 Å². The van der Waals surface area contributed by atoms with E-state index >= 15 is 0 Å². The summed E-state index contributed by atoms with van der Waals surface area (Å²) in [5, 5.41) is 0.742. The summed E-state index contributed by atoms with van der Waals surface area (Å²) in [5.41, 5.74) is 0.674. The van der Waals surface area contributed by atoms with Gasteiger partial charge in [0.25, 0.3) is 5.91 Å². The first-order valence-corrected chi connectivity index (χ1v) is 10.7. The normalized spacial score (nSPS) is 13.3. The van der Waals surface area contributed by atoms with Crippen LogP contribution < -0.4 is 19.0 Å². The summed E-state index contributed by atoms with van der Waals surface area (Å²) in [6, 6.07) is 8.25. The van der Waals surface area contributed by atoms with Crippen molar-refractivity contribution >= 4 is 56.6 Å². The van der Waals surface area contributed by atoms with Crippen molar-refractivity contribution in [3.05, 3.63) is 45.2 Å². The Morgan fingerprint density at radius 3 is 2.61 bits per heavy atom. The third-order valence-electron chi connectivity index (χ3n) is 4.33. The van der Waals surface area contributed by atoms with Crippen molar-refractivity contribution in [2.75, 3.05) is 26.9 Å². The van der Waals surface area contributed by atoms with Crippen molar-refractivity contribution in [1.29, 1.82) is 0 Å². The fourth-order valence-electron chi connectivity index (χ4n) is 2.91. The number of amides is 1. The molecular formula is C20H16Cl2N2O6S. The number of methoxy groups -OCH3 is 1. The second-order valence-corrected chi connectivity index (χ2v) is 8.23. The maximum Gasteiger partial charge on any atom is 0.325 e. The Labute approximate surface area is 190 Å². The van der Waals surface area contributed by atoms with E-state index in [-0.39, 0.29) is 18.2 Å². The van der Waals surface area contributed by atoms with Gasteiger partial charge in [0.1, 0.15) is 25.5 Å². The number of hydrogen-bond acceptors (Lipinski definition) is 7. The Morgan fingerprint density at radius 1 is 1.16 bits per heavy atom. The minimum absolute atomic E-state index is 0.119. The minimum Gasteiger partial charge on any atom is -0.486 e. The molecule has 8 nitrogen and oxygen atoms in total. The average molecular weight is 483 g/mol. The molecule has 0 saturated heterocycles. The number of halogens is 2. The SMILES string of the molecule is COC(=O)Cn1c(=NC(=O)COc2ccc(Cl)cc2Cl)sc2cc3c(cc21)OCCO3. The van der Waals surface area contributed by atoms with E-state index in [2.05, 4.69) is 4.99 Å². The van der Waals surface area contributed by atoms with Crippen LogP contribution in [-0.4, -0.2) is 43.4 Å². The molecule has 0 atom stereocenters. The van der Waals surface area contributed by atoms with Crippen molar-refractivity contribution in [1.82, 2.24) is 4.57 Å². The van der Waals surface area contributed by atoms with Crippen molar-refractivity contribution in [2.24, 2.45) is 4.99 Å². The van der Waals surface area contributed by atoms with Gasteiger partial charge in [-0.05, 0) is 18.2 Å². The van der Waals surface area contributed by atoms with Crippen LogP contribution >= 0.6 is 34.5 Å². The van der Waals surface area contributed by atoms with Crippen LogP contribution in [0.4, 0.5) is 0 Å². The lowest BCUT2D eigenvalue weighted by Gasteiger charge is -2.18. The third kappa shape index (κ3) is 4.79. The minimum atomic E-state index is -0.548. The molecule has 1 aliphatic heterocycles. The molecule has 0 unspecified atom stereocenters. The van der Waals surface area contributed by atoms with Crippen molar-refractivity contribution < 1.29 is 28.5 Å². The van der Waals surface area contributed by atoms with E-state index < -0.39 is 11.9 Å². The van der Waals surface area contributed by atoms with E-state index in [0.29, 0.717) is 45.8 Å². The van der Waals surface area contributed by atoms with Crippen LogP contribution in [-0.2, 0) is 20.9 Å². The standard InChI is InChI=1S/C20H16Cl2N2O6S/c1-27-19(26)9-24-13-7-15-16(29-5-4-28-15)8-17(13)31-20(24)23-18(25)10-30-14-3-2-11(21)6-12(14)22/h2-3,6-8H,4-5,9-10H2,1H3. The van der Waals surface area contributed by atoms with Crippen LogP contribution in [0.3, 0.4) is 0 Å². The lowest BCUT2D eigenvalue weighted by atomic mass is 10.2. The van der Waals surface area contributed by atoms with Gasteiger partial charge in [0, 0.05) is 17.2 Å². The molecule has 0 fully saturated rings. The van der Waals surface area contributed by atoms with E-state index in [1.54, 1.807) is 28.8 Å². The topological polar surface area (TPSA) is 88.4 Å². The molecule has 0 aliphatic carbocycles. The number of hydrogen-bond donors (Lipinski definition) is 0. The predicted octanol–water partition coefficient (Wildman–Crippen LogP) is 3.46. The van der Waals surface area contributed by atoms with Gasteiger partial charge in [-0.25, -0.2) is 0 Å². The summed E-state index contributed by atoms with van der Waals surface area (Å²) in [6.45, 7) is 0.426. The molecule has 2 heterocycles. The van der Waals surface area contributed by atoms with Gasteiger partial charge in [-0.2, -0.15) is 4.99 Å². The van der Waals surface area contributed by atoms with Gasteiger partial charge in [-0.1, -0.05) is 34.5 Å². The Hall–Kier alpha value is -2.75. The smallest absolute Gasteiger partial charge is 0.325 e. The molecule has 1 aliphatic rings. The zero-order valence-corrected chi connectivity index (χ0v) is 18.6. The highest BCUT2D eigenvalue weighted by Crippen LogP contribution is 2.35. The Kier molecular flexibility index (Phi) is 6.35.